The minimum atomic E-state index is -1.05. The fourth-order valence-corrected chi connectivity index (χ4v) is 1.84. The van der Waals surface area contributed by atoms with Crippen molar-refractivity contribution in [3.8, 4) is 6.07 Å². The van der Waals surface area contributed by atoms with Gasteiger partial charge in [0, 0.05) is 6.54 Å². The molecule has 0 fully saturated rings. The van der Waals surface area contributed by atoms with E-state index in [4.69, 9.17) is 10.4 Å². The highest BCUT2D eigenvalue weighted by Gasteiger charge is 2.20. The molecule has 0 saturated carbocycles. The molecule has 1 atom stereocenters. The molecule has 1 aromatic rings. The Labute approximate surface area is 123 Å². The van der Waals surface area contributed by atoms with Gasteiger partial charge in [-0.25, -0.2) is 9.59 Å². The van der Waals surface area contributed by atoms with Gasteiger partial charge in [-0.1, -0.05) is 26.0 Å². The summed E-state index contributed by atoms with van der Waals surface area (Å²) in [5.74, 6) is -0.885. The van der Waals surface area contributed by atoms with E-state index in [-0.39, 0.29) is 12.5 Å². The summed E-state index contributed by atoms with van der Waals surface area (Å²) in [6.45, 7) is 4.02. The molecule has 1 rings (SSSR count). The second-order valence-electron chi connectivity index (χ2n) is 5.16. The van der Waals surface area contributed by atoms with Gasteiger partial charge in [-0.05, 0) is 30.0 Å². The molecule has 1 aromatic carbocycles. The highest BCUT2D eigenvalue weighted by atomic mass is 16.4. The number of amides is 2. The summed E-state index contributed by atoms with van der Waals surface area (Å²) in [6.07, 6.45) is 0.368. The third-order valence-electron chi connectivity index (χ3n) is 2.82. The summed E-state index contributed by atoms with van der Waals surface area (Å²) in [6, 6.07) is 7.43. The van der Waals surface area contributed by atoms with E-state index in [1.165, 1.54) is 0 Å². The molecular weight excluding hydrogens is 270 g/mol. The molecule has 0 bridgehead atoms. The van der Waals surface area contributed by atoms with Crippen LogP contribution in [0.3, 0.4) is 0 Å². The smallest absolute Gasteiger partial charge is 0.326 e. The van der Waals surface area contributed by atoms with E-state index in [9.17, 15) is 9.59 Å². The molecular formula is C15H19N3O3. The second kappa shape index (κ2) is 7.90. The zero-order valence-corrected chi connectivity index (χ0v) is 12.1. The van der Waals surface area contributed by atoms with Crippen LogP contribution >= 0.6 is 0 Å². The lowest BCUT2D eigenvalue weighted by Crippen LogP contribution is -2.46. The standard InChI is InChI=1S/C15H19N3O3/c1-10(2)6-13(14(19)20)18-15(21)17-9-12-5-3-4-11(7-12)8-16/h3-5,7,10,13H,6,9H2,1-2H3,(H,19,20)(H2,17,18,21)/t13-/m1/s1. The van der Waals surface area contributed by atoms with Crippen LogP contribution in [0.1, 0.15) is 31.4 Å². The molecule has 0 aliphatic rings. The number of urea groups is 1. The summed E-state index contributed by atoms with van der Waals surface area (Å²) in [7, 11) is 0. The van der Waals surface area contributed by atoms with Gasteiger partial charge in [-0.3, -0.25) is 0 Å². The highest BCUT2D eigenvalue weighted by Crippen LogP contribution is 2.06. The number of aliphatic carboxylic acids is 1. The normalized spacial score (nSPS) is 11.5. The van der Waals surface area contributed by atoms with Crippen LogP contribution < -0.4 is 10.6 Å². The fourth-order valence-electron chi connectivity index (χ4n) is 1.84. The first-order valence-corrected chi connectivity index (χ1v) is 6.68. The minimum Gasteiger partial charge on any atom is -0.480 e. The number of nitrogens with zero attached hydrogens (tertiary/aromatic N) is 1. The Balaban J connectivity index is 2.52. The van der Waals surface area contributed by atoms with Gasteiger partial charge in [0.25, 0.3) is 0 Å². The zero-order valence-electron chi connectivity index (χ0n) is 12.1. The van der Waals surface area contributed by atoms with Crippen molar-refractivity contribution >= 4 is 12.0 Å². The summed E-state index contributed by atoms with van der Waals surface area (Å²) in [5, 5.41) is 22.9. The number of rotatable bonds is 6. The van der Waals surface area contributed by atoms with Gasteiger partial charge in [-0.15, -0.1) is 0 Å². The van der Waals surface area contributed by atoms with Gasteiger partial charge in [0.2, 0.25) is 0 Å². The Hall–Kier alpha value is -2.55. The van der Waals surface area contributed by atoms with Gasteiger partial charge < -0.3 is 15.7 Å². The van der Waals surface area contributed by atoms with E-state index >= 15 is 0 Å². The van der Waals surface area contributed by atoms with E-state index in [0.29, 0.717) is 12.0 Å². The van der Waals surface area contributed by atoms with Crippen molar-refractivity contribution in [1.82, 2.24) is 10.6 Å². The van der Waals surface area contributed by atoms with Crippen LogP contribution in [0.4, 0.5) is 4.79 Å². The van der Waals surface area contributed by atoms with E-state index in [2.05, 4.69) is 10.6 Å². The van der Waals surface area contributed by atoms with Crippen LogP contribution in [0.2, 0.25) is 0 Å². The van der Waals surface area contributed by atoms with Crippen LogP contribution in [-0.2, 0) is 11.3 Å². The quantitative estimate of drug-likeness (QED) is 0.743. The van der Waals surface area contributed by atoms with Gasteiger partial charge >= 0.3 is 12.0 Å². The third-order valence-corrected chi connectivity index (χ3v) is 2.82. The Morgan fingerprint density at radius 1 is 1.38 bits per heavy atom. The zero-order chi connectivity index (χ0) is 15.8. The lowest BCUT2D eigenvalue weighted by Gasteiger charge is -2.17. The maximum Gasteiger partial charge on any atom is 0.326 e. The lowest BCUT2D eigenvalue weighted by molar-refractivity contribution is -0.139. The molecule has 0 heterocycles. The van der Waals surface area contributed by atoms with Crippen molar-refractivity contribution in [1.29, 1.82) is 5.26 Å². The highest BCUT2D eigenvalue weighted by molar-refractivity contribution is 5.82. The minimum absolute atomic E-state index is 0.165. The molecule has 0 aliphatic heterocycles. The van der Waals surface area contributed by atoms with E-state index in [0.717, 1.165) is 5.56 Å². The number of hydrogen-bond acceptors (Lipinski definition) is 3. The Bertz CT molecular complexity index is 549. The predicted molar refractivity (Wildman–Crippen MR) is 77.4 cm³/mol. The van der Waals surface area contributed by atoms with Crippen molar-refractivity contribution in [2.45, 2.75) is 32.9 Å². The van der Waals surface area contributed by atoms with Crippen molar-refractivity contribution in [2.24, 2.45) is 5.92 Å². The number of carboxylic acid groups (broad SMARTS) is 1. The molecule has 3 N–H and O–H groups in total. The molecule has 0 aromatic heterocycles. The van der Waals surface area contributed by atoms with Crippen LogP contribution in [0.5, 0.6) is 0 Å². The predicted octanol–water partition coefficient (Wildman–Crippen LogP) is 1.86. The van der Waals surface area contributed by atoms with E-state index < -0.39 is 18.0 Å². The molecule has 0 spiro atoms. The van der Waals surface area contributed by atoms with Gasteiger partial charge in [0.1, 0.15) is 6.04 Å². The van der Waals surface area contributed by atoms with Crippen molar-refractivity contribution in [3.05, 3.63) is 35.4 Å². The second-order valence-corrected chi connectivity index (χ2v) is 5.16. The summed E-state index contributed by atoms with van der Waals surface area (Å²) in [5.41, 5.74) is 1.29. The first kappa shape index (κ1) is 16.5. The number of nitrogens with one attached hydrogen (secondary N) is 2. The van der Waals surface area contributed by atoms with E-state index in [1.807, 2.05) is 19.9 Å². The lowest BCUT2D eigenvalue weighted by atomic mass is 10.0. The average molecular weight is 289 g/mol. The number of carbonyl (C=O) groups is 2. The topological polar surface area (TPSA) is 102 Å². The summed E-state index contributed by atoms with van der Waals surface area (Å²) in [4.78, 5) is 22.8. The van der Waals surface area contributed by atoms with Crippen LogP contribution in [0, 0.1) is 17.2 Å². The number of benzene rings is 1. The van der Waals surface area contributed by atoms with Crippen molar-refractivity contribution in [3.63, 3.8) is 0 Å². The third kappa shape index (κ3) is 5.95. The monoisotopic (exact) mass is 289 g/mol. The molecule has 21 heavy (non-hydrogen) atoms. The number of carbonyl (C=O) groups excluding carboxylic acids is 1. The molecule has 0 unspecified atom stereocenters. The van der Waals surface area contributed by atoms with E-state index in [1.54, 1.807) is 24.3 Å². The van der Waals surface area contributed by atoms with Gasteiger partial charge in [0.05, 0.1) is 11.6 Å². The van der Waals surface area contributed by atoms with Crippen molar-refractivity contribution < 1.29 is 14.7 Å². The molecule has 0 aliphatic carbocycles. The van der Waals surface area contributed by atoms with Crippen LogP contribution in [0.25, 0.3) is 0 Å². The molecule has 6 heteroatoms. The number of hydrogen-bond donors (Lipinski definition) is 3. The van der Waals surface area contributed by atoms with Crippen LogP contribution in [0.15, 0.2) is 24.3 Å². The average Bonchev–Trinajstić information content (AvgIpc) is 2.44. The molecule has 0 saturated heterocycles. The largest absolute Gasteiger partial charge is 0.480 e. The molecule has 112 valence electrons. The summed E-state index contributed by atoms with van der Waals surface area (Å²) < 4.78 is 0. The van der Waals surface area contributed by atoms with Crippen molar-refractivity contribution in [2.75, 3.05) is 0 Å². The maximum absolute atomic E-state index is 11.7. The molecule has 0 radical (unpaired) electrons. The number of nitriles is 1. The first-order chi connectivity index (χ1) is 9.92. The molecule has 2 amide bonds. The van der Waals surface area contributed by atoms with Gasteiger partial charge in [-0.2, -0.15) is 5.26 Å². The Kier molecular flexibility index (Phi) is 6.21. The fraction of sp³-hybridized carbons (Fsp3) is 0.400. The van der Waals surface area contributed by atoms with Gasteiger partial charge in [0.15, 0.2) is 0 Å². The SMILES string of the molecule is CC(C)C[C@@H](NC(=O)NCc1cccc(C#N)c1)C(=O)O. The first-order valence-electron chi connectivity index (χ1n) is 6.68. The Morgan fingerprint density at radius 2 is 2.10 bits per heavy atom. The van der Waals surface area contributed by atoms with Crippen LogP contribution in [-0.4, -0.2) is 23.1 Å². The maximum atomic E-state index is 11.7. The molecule has 6 nitrogen and oxygen atoms in total. The Morgan fingerprint density at radius 3 is 2.67 bits per heavy atom. The number of carboxylic acids is 1. The summed E-state index contributed by atoms with van der Waals surface area (Å²) >= 11 is 0.